The summed E-state index contributed by atoms with van der Waals surface area (Å²) in [5.74, 6) is 4.24. The van der Waals surface area contributed by atoms with Gasteiger partial charge in [0.15, 0.2) is 19.8 Å². The molecule has 0 aliphatic rings. The van der Waals surface area contributed by atoms with Crippen molar-refractivity contribution in [1.29, 1.82) is 0 Å². The van der Waals surface area contributed by atoms with Crippen LogP contribution in [-0.4, -0.2) is 122 Å². The van der Waals surface area contributed by atoms with Crippen molar-refractivity contribution in [2.75, 3.05) is 12.5 Å². The number of halogens is 1. The number of thioether (sulfide) groups is 1. The smallest absolute Gasteiger partial charge is 0.342 e. The second kappa shape index (κ2) is 36.1. The summed E-state index contributed by atoms with van der Waals surface area (Å²) >= 11 is 8.66. The maximum absolute atomic E-state index is 10.9. The summed E-state index contributed by atoms with van der Waals surface area (Å²) in [6, 6.07) is 22.6. The Kier molecular flexibility index (Phi) is 28.0. The van der Waals surface area contributed by atoms with Crippen LogP contribution in [0.2, 0.25) is 0 Å². The molecular formula is C55H60ClN21O21S3. The van der Waals surface area contributed by atoms with Crippen LogP contribution in [0.5, 0.6) is 17.2 Å². The van der Waals surface area contributed by atoms with Crippen LogP contribution in [0.3, 0.4) is 0 Å². The van der Waals surface area contributed by atoms with Gasteiger partial charge < -0.3 is 89.7 Å². The van der Waals surface area contributed by atoms with Crippen LogP contribution < -0.4 is 14.2 Å². The number of ether oxygens (including phenoxy) is 4. The molecule has 0 bridgehead atoms. The van der Waals surface area contributed by atoms with Gasteiger partial charge in [0.25, 0.3) is 10.1 Å². The lowest BCUT2D eigenvalue weighted by Crippen LogP contribution is -2.07. The molecule has 0 fully saturated rings. The Hall–Kier alpha value is -11.8. The highest BCUT2D eigenvalue weighted by molar-refractivity contribution is 7.99. The Morgan fingerprint density at radius 3 is 0.792 bits per heavy atom. The Morgan fingerprint density at radius 2 is 0.584 bits per heavy atom. The molecule has 0 saturated heterocycles. The topological polar surface area (TPSA) is 507 Å². The van der Waals surface area contributed by atoms with E-state index in [-0.39, 0.29) is 92.1 Å². The molecule has 0 aliphatic heterocycles. The predicted octanol–water partition coefficient (Wildman–Crippen LogP) is 8.47. The van der Waals surface area contributed by atoms with Crippen LogP contribution in [0.25, 0.3) is 0 Å². The summed E-state index contributed by atoms with van der Waals surface area (Å²) in [6.45, 7) is 0.177. The Labute approximate surface area is 583 Å². The molecule has 42 nitrogen and oxygen atoms in total. The molecule has 0 aliphatic carbocycles. The third-order valence-electron chi connectivity index (χ3n) is 13.8. The van der Waals surface area contributed by atoms with Gasteiger partial charge >= 0.3 is 40.7 Å². The van der Waals surface area contributed by atoms with Gasteiger partial charge in [-0.2, -0.15) is 8.42 Å². The summed E-state index contributed by atoms with van der Waals surface area (Å²) in [6.07, 6.45) is 11.1. The first-order valence-corrected chi connectivity index (χ1v) is 32.6. The van der Waals surface area contributed by atoms with Crippen molar-refractivity contribution in [3.05, 3.63) is 228 Å². The zero-order chi connectivity index (χ0) is 74.4. The zero-order valence-corrected chi connectivity index (χ0v) is 57.7. The van der Waals surface area contributed by atoms with E-state index >= 15 is 0 Å². The van der Waals surface area contributed by atoms with E-state index < -0.39 is 44.6 Å². The molecule has 0 saturated carbocycles. The van der Waals surface area contributed by atoms with Crippen LogP contribution >= 0.6 is 35.1 Å². The highest BCUT2D eigenvalue weighted by atomic mass is 35.5. The number of imidazole rings is 7. The fraction of sp³-hybridized carbons (Fsp3) is 0.291. The molecule has 7 heterocycles. The van der Waals surface area contributed by atoms with E-state index in [1.54, 1.807) is 51.7 Å². The van der Waals surface area contributed by atoms with E-state index in [0.29, 0.717) is 52.2 Å². The number of rotatable bonds is 27. The molecule has 46 heteroatoms. The minimum atomic E-state index is -3.57. The van der Waals surface area contributed by atoms with E-state index in [1.807, 2.05) is 79.1 Å². The minimum Gasteiger partial charge on any atom is -0.483 e. The summed E-state index contributed by atoms with van der Waals surface area (Å²) in [5.41, 5.74) is 0. The number of alkyl halides is 1. The largest absolute Gasteiger partial charge is 0.483 e. The van der Waals surface area contributed by atoms with Crippen molar-refractivity contribution in [3.63, 3.8) is 0 Å². The van der Waals surface area contributed by atoms with Crippen LogP contribution in [0.4, 0.5) is 40.7 Å². The molecule has 0 N–H and O–H groups in total. The fourth-order valence-corrected chi connectivity index (χ4v) is 9.83. The van der Waals surface area contributed by atoms with E-state index in [0.717, 1.165) is 44.1 Å². The standard InChI is InChI=1S/C22H20N6O6S.C12H13N3O3S.C10H12N6O5.C6H9N3O5S.C5H6ClN3O2/c1-25-19(23-11-21(25)27(29)30)13-33-15-3-7-17(8-4-15)35-18-9-5-16(6-10-18)34-14-20-24-12-22(26(20)2)28(31)32;1-14-11(13-7-12(14)15(16)17)8-18-9-3-5-10(19-2)6-4-9;1-13-7(11-3-9(13)15(17)18)5-21-6-8-12-4-10(14(8)2)16(19)20;1-8-5(4-14-15(2,12)13)7-3-6(8)9(10)11;1-8-4(2-6)7-3-5(8)9(10)11/h3-12H,13-14H2,1-2H3;3-7H,8H2,1-2H3;3-4H,5-6H2,1-2H3;3H,4H2,1-2H3;3H,2H2,1H3. The highest BCUT2D eigenvalue weighted by Crippen LogP contribution is 2.31. The van der Waals surface area contributed by atoms with Crippen molar-refractivity contribution >= 4 is 86.0 Å². The molecule has 7 aromatic heterocycles. The highest BCUT2D eigenvalue weighted by Gasteiger charge is 2.23. The first-order valence-electron chi connectivity index (χ1n) is 28.3. The number of aromatic nitrogens is 14. The molecule has 3 aromatic carbocycles. The first-order chi connectivity index (χ1) is 47.8. The number of benzene rings is 3. The third-order valence-corrected chi connectivity index (χ3v) is 16.3. The number of hydrogen-bond donors (Lipinski definition) is 0. The predicted molar refractivity (Wildman–Crippen MR) is 355 cm³/mol. The number of nitro groups is 7. The molecule has 10 aromatic rings. The van der Waals surface area contributed by atoms with Crippen molar-refractivity contribution in [3.8, 4) is 17.2 Å². The van der Waals surface area contributed by atoms with Crippen LogP contribution in [0, 0.1) is 70.8 Å². The Balaban J connectivity index is 0.000000211. The lowest BCUT2D eigenvalue weighted by atomic mass is 10.3. The third kappa shape index (κ3) is 22.1. The van der Waals surface area contributed by atoms with Gasteiger partial charge in [0.2, 0.25) is 40.8 Å². The molecule has 101 heavy (non-hydrogen) atoms. The molecule has 0 spiro atoms. The minimum absolute atomic E-state index is 0.0327. The lowest BCUT2D eigenvalue weighted by molar-refractivity contribution is -0.392. The van der Waals surface area contributed by atoms with Crippen LogP contribution in [0.1, 0.15) is 40.8 Å². The maximum atomic E-state index is 10.9. The summed E-state index contributed by atoms with van der Waals surface area (Å²) in [4.78, 5) is 101. The summed E-state index contributed by atoms with van der Waals surface area (Å²) < 4.78 is 57.4. The van der Waals surface area contributed by atoms with Gasteiger partial charge in [0.1, 0.15) is 86.3 Å². The van der Waals surface area contributed by atoms with Gasteiger partial charge in [-0.3, -0.25) is 4.18 Å². The van der Waals surface area contributed by atoms with Gasteiger partial charge in [-0.15, -0.1) is 23.4 Å². The molecule has 0 atom stereocenters. The average molecular weight is 1480 g/mol. The van der Waals surface area contributed by atoms with E-state index in [2.05, 4.69) is 39.1 Å². The molecular weight excluding hydrogens is 1420 g/mol. The van der Waals surface area contributed by atoms with Crippen molar-refractivity contribution in [2.24, 2.45) is 49.3 Å². The van der Waals surface area contributed by atoms with Crippen LogP contribution in [0.15, 0.2) is 131 Å². The lowest BCUT2D eigenvalue weighted by Gasteiger charge is -2.07. The molecule has 0 radical (unpaired) electrons. The molecule has 0 unspecified atom stereocenters. The second-order valence-corrected chi connectivity index (χ2v) is 24.1. The second-order valence-electron chi connectivity index (χ2n) is 20.1. The number of hydrogen-bond acceptors (Lipinski definition) is 30. The SMILES string of the molecule is CSc1ccc(OCc2ncc([N+](=O)[O-])n2C)cc1.Cn1c([N+](=O)[O-])cnc1CCl.Cn1c([N+](=O)[O-])cnc1COCc1ncc([N+](=O)[O-])n1C.Cn1c([N+](=O)[O-])cnc1COS(C)(=O)=O.Cn1c([N+](=O)[O-])cnc1COc1ccc(Sc2ccc(OCc3ncc([N+](=O)[O-])n3C)cc2)cc1. The van der Waals surface area contributed by atoms with E-state index in [4.69, 9.17) is 30.5 Å². The van der Waals surface area contributed by atoms with Gasteiger partial charge in [0.05, 0.1) is 55.6 Å². The van der Waals surface area contributed by atoms with Gasteiger partial charge in [-0.25, -0.2) is 66.9 Å². The summed E-state index contributed by atoms with van der Waals surface area (Å²) in [7, 11) is 7.16. The molecule has 536 valence electrons. The Morgan fingerprint density at radius 1 is 0.366 bits per heavy atom. The van der Waals surface area contributed by atoms with Gasteiger partial charge in [-0.1, -0.05) is 11.8 Å². The first kappa shape index (κ1) is 78.2. The Bertz CT molecular complexity index is 4500. The normalized spacial score (nSPS) is 10.8. The molecule has 0 amide bonds. The van der Waals surface area contributed by atoms with Gasteiger partial charge in [-0.05, 0) is 114 Å². The quantitative estimate of drug-likeness (QED) is 0.0153. The van der Waals surface area contributed by atoms with Crippen molar-refractivity contribution < 1.29 is 66.0 Å². The maximum Gasteiger partial charge on any atom is 0.342 e. The molecule has 10 rings (SSSR count). The fourth-order valence-electron chi connectivity index (χ4n) is 8.03. The zero-order valence-electron chi connectivity index (χ0n) is 54.5. The van der Waals surface area contributed by atoms with Crippen molar-refractivity contribution in [1.82, 2.24) is 66.9 Å². The average Bonchev–Trinajstić information content (AvgIpc) is 1.81. The summed E-state index contributed by atoms with van der Waals surface area (Å²) in [5, 5.41) is 74.5. The van der Waals surface area contributed by atoms with Crippen molar-refractivity contribution in [2.45, 2.75) is 60.2 Å². The monoisotopic (exact) mass is 1480 g/mol. The van der Waals surface area contributed by atoms with Gasteiger partial charge in [0, 0.05) is 14.7 Å². The van der Waals surface area contributed by atoms with Crippen LogP contribution in [-0.2, 0) is 114 Å². The number of nitrogens with zero attached hydrogens (tertiary/aromatic N) is 21. The van der Waals surface area contributed by atoms with E-state index in [9.17, 15) is 79.2 Å². The van der Waals surface area contributed by atoms with E-state index in [1.165, 1.54) is 73.3 Å².